The third kappa shape index (κ3) is 4.11. The molecule has 116 valence electrons. The molecular weight excluding hydrogens is 282 g/mol. The number of benzene rings is 1. The maximum Gasteiger partial charge on any atom is 0.251 e. The van der Waals surface area contributed by atoms with E-state index in [9.17, 15) is 4.79 Å². The summed E-state index contributed by atoms with van der Waals surface area (Å²) >= 11 is 0. The van der Waals surface area contributed by atoms with Crippen LogP contribution < -0.4 is 5.32 Å². The molecule has 2 aromatic rings. The Hall–Kier alpha value is -2.28. The highest BCUT2D eigenvalue weighted by Crippen LogP contribution is 2.28. The normalized spacial score (nSPS) is 14.0. The minimum absolute atomic E-state index is 0.0999. The molecule has 0 unspecified atom stereocenters. The van der Waals surface area contributed by atoms with Gasteiger partial charge >= 0.3 is 0 Å². The fourth-order valence-electron chi connectivity index (χ4n) is 2.08. The molecule has 1 amide bonds. The minimum Gasteiger partial charge on any atom is -0.381 e. The van der Waals surface area contributed by atoms with E-state index < -0.39 is 0 Å². The van der Waals surface area contributed by atoms with E-state index in [1.807, 2.05) is 12.1 Å². The molecular formula is C15H19N5O2. The number of nitrogens with one attached hydrogen (secondary N) is 1. The number of carbonyl (C=O) groups excluding carboxylic acids is 1. The van der Waals surface area contributed by atoms with E-state index in [1.54, 1.807) is 12.1 Å². The highest BCUT2D eigenvalue weighted by atomic mass is 16.5. The van der Waals surface area contributed by atoms with Gasteiger partial charge in [-0.3, -0.25) is 4.79 Å². The highest BCUT2D eigenvalue weighted by molar-refractivity contribution is 5.94. The van der Waals surface area contributed by atoms with E-state index in [-0.39, 0.29) is 5.91 Å². The van der Waals surface area contributed by atoms with Crippen molar-refractivity contribution < 1.29 is 9.53 Å². The Morgan fingerprint density at radius 1 is 1.41 bits per heavy atom. The van der Waals surface area contributed by atoms with Crippen molar-refractivity contribution in [1.29, 1.82) is 0 Å². The molecule has 7 nitrogen and oxygen atoms in total. The summed E-state index contributed by atoms with van der Waals surface area (Å²) in [6.45, 7) is 2.17. The Morgan fingerprint density at radius 2 is 2.32 bits per heavy atom. The standard InChI is InChI=1S/C15H19N5O2/c21-15(16-7-2-8-22-10-12-5-6-12)13-3-1-4-14(9-13)20-11-17-18-19-20/h1,3-4,9,11-12H,2,5-8,10H2,(H,16,21). The van der Waals surface area contributed by atoms with Crippen molar-refractivity contribution in [3.63, 3.8) is 0 Å². The predicted molar refractivity (Wildman–Crippen MR) is 79.6 cm³/mol. The Morgan fingerprint density at radius 3 is 3.09 bits per heavy atom. The summed E-state index contributed by atoms with van der Waals surface area (Å²) in [7, 11) is 0. The number of tetrazole rings is 1. The Labute approximate surface area is 128 Å². The van der Waals surface area contributed by atoms with Crippen LogP contribution in [0, 0.1) is 5.92 Å². The Bertz CT molecular complexity index is 610. The summed E-state index contributed by atoms with van der Waals surface area (Å²) in [4.78, 5) is 12.1. The fraction of sp³-hybridized carbons (Fsp3) is 0.467. The molecule has 1 N–H and O–H groups in total. The number of aromatic nitrogens is 4. The average molecular weight is 301 g/mol. The smallest absolute Gasteiger partial charge is 0.251 e. The average Bonchev–Trinajstić information content (AvgIpc) is 3.21. The number of amides is 1. The van der Waals surface area contributed by atoms with Crippen LogP contribution in [0.5, 0.6) is 0 Å². The first-order valence-corrected chi connectivity index (χ1v) is 7.52. The molecule has 1 aliphatic carbocycles. The van der Waals surface area contributed by atoms with Gasteiger partial charge in [0.05, 0.1) is 5.69 Å². The lowest BCUT2D eigenvalue weighted by Crippen LogP contribution is -2.25. The van der Waals surface area contributed by atoms with E-state index in [4.69, 9.17) is 4.74 Å². The van der Waals surface area contributed by atoms with Crippen LogP contribution >= 0.6 is 0 Å². The lowest BCUT2D eigenvalue weighted by molar-refractivity contribution is 0.0937. The van der Waals surface area contributed by atoms with Crippen LogP contribution in [-0.4, -0.2) is 45.9 Å². The monoisotopic (exact) mass is 301 g/mol. The molecule has 0 aliphatic heterocycles. The van der Waals surface area contributed by atoms with E-state index >= 15 is 0 Å². The second-order valence-corrected chi connectivity index (χ2v) is 5.43. The zero-order valence-corrected chi connectivity index (χ0v) is 12.3. The largest absolute Gasteiger partial charge is 0.381 e. The summed E-state index contributed by atoms with van der Waals surface area (Å²) in [5.41, 5.74) is 1.34. The molecule has 1 fully saturated rings. The third-order valence-corrected chi connectivity index (χ3v) is 3.52. The third-order valence-electron chi connectivity index (χ3n) is 3.52. The van der Waals surface area contributed by atoms with Crippen LogP contribution in [0.4, 0.5) is 0 Å². The number of ether oxygens (including phenoxy) is 1. The summed E-state index contributed by atoms with van der Waals surface area (Å²) in [5.74, 6) is 0.681. The lowest BCUT2D eigenvalue weighted by Gasteiger charge is -2.07. The zero-order chi connectivity index (χ0) is 15.2. The molecule has 0 saturated heterocycles. The first-order valence-electron chi connectivity index (χ1n) is 7.52. The molecule has 0 bridgehead atoms. The molecule has 22 heavy (non-hydrogen) atoms. The molecule has 1 aromatic heterocycles. The summed E-state index contributed by atoms with van der Waals surface area (Å²) < 4.78 is 7.05. The molecule has 7 heteroatoms. The Balaban J connectivity index is 1.44. The van der Waals surface area contributed by atoms with Gasteiger partial charge in [-0.1, -0.05) is 6.07 Å². The Kier molecular flexibility index (Phi) is 4.75. The van der Waals surface area contributed by atoms with Crippen LogP contribution in [0.1, 0.15) is 29.6 Å². The minimum atomic E-state index is -0.0999. The van der Waals surface area contributed by atoms with Crippen molar-refractivity contribution in [1.82, 2.24) is 25.5 Å². The SMILES string of the molecule is O=C(NCCCOCC1CC1)c1cccc(-n2cnnn2)c1. The van der Waals surface area contributed by atoms with Gasteiger partial charge in [-0.05, 0) is 53.8 Å². The lowest BCUT2D eigenvalue weighted by atomic mass is 10.2. The molecule has 1 aliphatic rings. The molecule has 3 rings (SSSR count). The van der Waals surface area contributed by atoms with E-state index in [1.165, 1.54) is 23.9 Å². The molecule has 0 spiro atoms. The van der Waals surface area contributed by atoms with Gasteiger partial charge in [0.15, 0.2) is 0 Å². The van der Waals surface area contributed by atoms with Crippen LogP contribution in [0.2, 0.25) is 0 Å². The van der Waals surface area contributed by atoms with Crippen LogP contribution in [0.3, 0.4) is 0 Å². The maximum absolute atomic E-state index is 12.1. The first kappa shape index (κ1) is 14.6. The van der Waals surface area contributed by atoms with Gasteiger partial charge in [-0.15, -0.1) is 5.10 Å². The molecule has 0 radical (unpaired) electrons. The number of hydrogen-bond donors (Lipinski definition) is 1. The van der Waals surface area contributed by atoms with Gasteiger partial charge in [0.1, 0.15) is 6.33 Å². The second-order valence-electron chi connectivity index (χ2n) is 5.43. The molecule has 1 heterocycles. The molecule has 0 atom stereocenters. The van der Waals surface area contributed by atoms with Gasteiger partial charge in [0.2, 0.25) is 0 Å². The van der Waals surface area contributed by atoms with Crippen molar-refractivity contribution in [2.45, 2.75) is 19.3 Å². The zero-order valence-electron chi connectivity index (χ0n) is 12.3. The van der Waals surface area contributed by atoms with E-state index in [0.29, 0.717) is 18.7 Å². The van der Waals surface area contributed by atoms with Crippen molar-refractivity contribution in [3.05, 3.63) is 36.2 Å². The van der Waals surface area contributed by atoms with Crippen molar-refractivity contribution >= 4 is 5.91 Å². The van der Waals surface area contributed by atoms with Crippen LogP contribution in [0.15, 0.2) is 30.6 Å². The number of nitrogens with zero attached hydrogens (tertiary/aromatic N) is 4. The highest BCUT2D eigenvalue weighted by Gasteiger charge is 2.20. The predicted octanol–water partition coefficient (Wildman–Crippen LogP) is 1.21. The maximum atomic E-state index is 12.1. The van der Waals surface area contributed by atoms with Gasteiger partial charge in [-0.2, -0.15) is 0 Å². The van der Waals surface area contributed by atoms with E-state index in [2.05, 4.69) is 20.8 Å². The summed E-state index contributed by atoms with van der Waals surface area (Å²) in [6.07, 6.45) is 4.92. The second kappa shape index (κ2) is 7.13. The number of rotatable bonds is 8. The molecule has 1 saturated carbocycles. The van der Waals surface area contributed by atoms with Crippen molar-refractivity contribution in [3.8, 4) is 5.69 Å². The van der Waals surface area contributed by atoms with Gasteiger partial charge in [-0.25, -0.2) is 4.68 Å². The van der Waals surface area contributed by atoms with Crippen molar-refractivity contribution in [2.24, 2.45) is 5.92 Å². The quantitative estimate of drug-likeness (QED) is 0.741. The van der Waals surface area contributed by atoms with Gasteiger partial charge in [0, 0.05) is 25.3 Å². The van der Waals surface area contributed by atoms with Gasteiger partial charge < -0.3 is 10.1 Å². The number of hydrogen-bond acceptors (Lipinski definition) is 5. The topological polar surface area (TPSA) is 81.9 Å². The fourth-order valence-corrected chi connectivity index (χ4v) is 2.08. The van der Waals surface area contributed by atoms with Gasteiger partial charge in [0.25, 0.3) is 5.91 Å². The van der Waals surface area contributed by atoms with Crippen LogP contribution in [-0.2, 0) is 4.74 Å². The summed E-state index contributed by atoms with van der Waals surface area (Å²) in [5, 5.41) is 13.9. The first-order chi connectivity index (χ1) is 10.8. The number of carbonyl (C=O) groups is 1. The summed E-state index contributed by atoms with van der Waals surface area (Å²) in [6, 6.07) is 7.19. The molecule has 1 aromatic carbocycles. The van der Waals surface area contributed by atoms with E-state index in [0.717, 1.165) is 24.6 Å². The van der Waals surface area contributed by atoms with Crippen molar-refractivity contribution in [2.75, 3.05) is 19.8 Å². The van der Waals surface area contributed by atoms with Crippen LogP contribution in [0.25, 0.3) is 5.69 Å².